The van der Waals surface area contributed by atoms with E-state index in [9.17, 15) is 4.79 Å². The first-order valence-corrected chi connectivity index (χ1v) is 12.0. The summed E-state index contributed by atoms with van der Waals surface area (Å²) in [5.74, 6) is 0.907. The maximum absolute atomic E-state index is 12.0. The van der Waals surface area contributed by atoms with E-state index in [0.29, 0.717) is 5.54 Å². The lowest BCUT2D eigenvalue weighted by Gasteiger charge is -2.48. The van der Waals surface area contributed by atoms with E-state index in [1.165, 1.54) is 64.5 Å². The molecule has 1 aliphatic carbocycles. The summed E-state index contributed by atoms with van der Waals surface area (Å²) in [6, 6.07) is 5.46. The Morgan fingerprint density at radius 1 is 1.03 bits per heavy atom. The highest BCUT2D eigenvalue weighted by Gasteiger charge is 2.38. The van der Waals surface area contributed by atoms with E-state index >= 15 is 0 Å². The van der Waals surface area contributed by atoms with Gasteiger partial charge in [-0.05, 0) is 64.6 Å². The van der Waals surface area contributed by atoms with Gasteiger partial charge >= 0.3 is 0 Å². The fraction of sp³-hybridized carbons (Fsp3) is 0.750. The summed E-state index contributed by atoms with van der Waals surface area (Å²) in [6.45, 7) is 7.15. The van der Waals surface area contributed by atoms with Crippen molar-refractivity contribution in [3.63, 3.8) is 0 Å². The molecule has 31 heavy (non-hydrogen) atoms. The molecule has 0 unspecified atom stereocenters. The number of nitrogens with zero attached hydrogens (tertiary/aromatic N) is 3. The average molecular weight is 544 g/mol. The minimum Gasteiger partial charge on any atom is -0.356 e. The maximum atomic E-state index is 12.0. The zero-order valence-corrected chi connectivity index (χ0v) is 21.8. The number of hydrogen-bond acceptors (Lipinski definition) is 3. The Morgan fingerprint density at radius 2 is 1.74 bits per heavy atom. The second-order valence-electron chi connectivity index (χ2n) is 9.05. The van der Waals surface area contributed by atoms with E-state index in [4.69, 9.17) is 0 Å². The van der Waals surface area contributed by atoms with Crippen molar-refractivity contribution in [2.45, 2.75) is 83.2 Å². The second-order valence-corrected chi connectivity index (χ2v) is 9.05. The Kier molecular flexibility index (Phi) is 11.4. The largest absolute Gasteiger partial charge is 0.356 e. The van der Waals surface area contributed by atoms with Crippen LogP contribution in [0.1, 0.15) is 69.9 Å². The molecule has 1 aliphatic heterocycles. The molecular formula is C24H42IN5O. The number of halogens is 1. The first kappa shape index (κ1) is 26.2. The van der Waals surface area contributed by atoms with Crippen LogP contribution in [-0.2, 0) is 6.54 Å². The highest BCUT2D eigenvalue weighted by Crippen LogP contribution is 2.35. The lowest BCUT2D eigenvalue weighted by molar-refractivity contribution is 0.0368. The third-order valence-corrected chi connectivity index (χ3v) is 6.99. The molecule has 3 rings (SSSR count). The molecule has 2 heterocycles. The van der Waals surface area contributed by atoms with E-state index < -0.39 is 0 Å². The van der Waals surface area contributed by atoms with Crippen molar-refractivity contribution in [1.82, 2.24) is 20.1 Å². The summed E-state index contributed by atoms with van der Waals surface area (Å²) < 4.78 is 1.86. The number of nitrogens with one attached hydrogen (secondary N) is 2. The third-order valence-electron chi connectivity index (χ3n) is 6.99. The van der Waals surface area contributed by atoms with Crippen molar-refractivity contribution in [3.8, 4) is 0 Å². The van der Waals surface area contributed by atoms with E-state index in [1.54, 1.807) is 6.07 Å². The molecule has 1 saturated carbocycles. The van der Waals surface area contributed by atoms with Crippen LogP contribution in [0.5, 0.6) is 0 Å². The Bertz CT molecular complexity index is 736. The number of hydrogen-bond donors (Lipinski definition) is 2. The Labute approximate surface area is 205 Å². The van der Waals surface area contributed by atoms with Crippen LogP contribution in [0.25, 0.3) is 0 Å². The lowest BCUT2D eigenvalue weighted by atomic mass is 9.79. The third kappa shape index (κ3) is 7.48. The van der Waals surface area contributed by atoms with Crippen LogP contribution >= 0.6 is 24.0 Å². The molecule has 1 aromatic rings. The number of aromatic nitrogens is 1. The summed E-state index contributed by atoms with van der Waals surface area (Å²) in [7, 11) is 1.86. The summed E-state index contributed by atoms with van der Waals surface area (Å²) >= 11 is 0. The molecule has 7 heteroatoms. The summed E-state index contributed by atoms with van der Waals surface area (Å²) in [4.78, 5) is 19.2. The molecule has 0 aromatic carbocycles. The van der Waals surface area contributed by atoms with Gasteiger partial charge in [-0.25, -0.2) is 0 Å². The van der Waals surface area contributed by atoms with Gasteiger partial charge < -0.3 is 15.2 Å². The zero-order valence-electron chi connectivity index (χ0n) is 19.5. The standard InChI is InChI=1S/C24H41N5O.HI/c1-21-12-11-13-22(30)29(21)19-10-7-16-26-23(25-2)27-20-24(14-5-3-6-15-24)28-17-8-4-9-18-28;/h11-13H,3-10,14-20H2,1-2H3,(H2,25,26,27);1H. The number of aryl methyl sites for hydroxylation is 1. The number of likely N-dealkylation sites (tertiary alicyclic amines) is 1. The van der Waals surface area contributed by atoms with Gasteiger partial charge in [0, 0.05) is 44.0 Å². The molecule has 0 spiro atoms. The van der Waals surface area contributed by atoms with Crippen molar-refractivity contribution < 1.29 is 0 Å². The molecule has 0 radical (unpaired) electrons. The number of unbranched alkanes of at least 4 members (excludes halogenated alkanes) is 1. The van der Waals surface area contributed by atoms with Crippen LogP contribution in [0.2, 0.25) is 0 Å². The molecule has 0 amide bonds. The van der Waals surface area contributed by atoms with Crippen LogP contribution < -0.4 is 16.2 Å². The van der Waals surface area contributed by atoms with Crippen LogP contribution in [0, 0.1) is 6.92 Å². The topological polar surface area (TPSA) is 61.7 Å². The molecule has 2 aliphatic rings. The van der Waals surface area contributed by atoms with Crippen LogP contribution in [0.4, 0.5) is 0 Å². The van der Waals surface area contributed by atoms with Gasteiger partial charge in [0.15, 0.2) is 5.96 Å². The predicted octanol–water partition coefficient (Wildman–Crippen LogP) is 3.91. The molecular weight excluding hydrogens is 501 g/mol. The predicted molar refractivity (Wildman–Crippen MR) is 141 cm³/mol. The molecule has 1 aromatic heterocycles. The van der Waals surface area contributed by atoms with E-state index in [-0.39, 0.29) is 29.5 Å². The minimum atomic E-state index is 0. The lowest BCUT2D eigenvalue weighted by Crippen LogP contribution is -2.59. The molecule has 0 bridgehead atoms. The van der Waals surface area contributed by atoms with Gasteiger partial charge in [-0.1, -0.05) is 31.7 Å². The van der Waals surface area contributed by atoms with Crippen molar-refractivity contribution in [2.24, 2.45) is 4.99 Å². The van der Waals surface area contributed by atoms with Gasteiger partial charge in [-0.15, -0.1) is 24.0 Å². The quantitative estimate of drug-likeness (QED) is 0.226. The van der Waals surface area contributed by atoms with E-state index in [2.05, 4.69) is 20.5 Å². The van der Waals surface area contributed by atoms with Crippen molar-refractivity contribution in [1.29, 1.82) is 0 Å². The molecule has 6 nitrogen and oxygen atoms in total. The van der Waals surface area contributed by atoms with Gasteiger partial charge in [0.2, 0.25) is 0 Å². The van der Waals surface area contributed by atoms with Gasteiger partial charge in [-0.2, -0.15) is 0 Å². The van der Waals surface area contributed by atoms with Gasteiger partial charge in [0.05, 0.1) is 0 Å². The molecule has 176 valence electrons. The highest BCUT2D eigenvalue weighted by molar-refractivity contribution is 14.0. The van der Waals surface area contributed by atoms with Gasteiger partial charge in [0.25, 0.3) is 5.56 Å². The fourth-order valence-electron chi connectivity index (χ4n) is 5.16. The number of rotatable bonds is 8. The normalized spacial score (nSPS) is 19.5. The maximum Gasteiger partial charge on any atom is 0.250 e. The molecule has 2 N–H and O–H groups in total. The van der Waals surface area contributed by atoms with Crippen LogP contribution in [0.15, 0.2) is 28.0 Å². The summed E-state index contributed by atoms with van der Waals surface area (Å²) in [5.41, 5.74) is 1.43. The average Bonchev–Trinajstić information content (AvgIpc) is 2.78. The molecule has 2 fully saturated rings. The van der Waals surface area contributed by atoms with Gasteiger partial charge in [0.1, 0.15) is 0 Å². The van der Waals surface area contributed by atoms with E-state index in [1.807, 2.05) is 30.7 Å². The Morgan fingerprint density at radius 3 is 2.42 bits per heavy atom. The SMILES string of the molecule is CN=C(NCCCCn1c(C)cccc1=O)NCC1(N2CCCCC2)CCCCC1.I. The van der Waals surface area contributed by atoms with Crippen molar-refractivity contribution in [3.05, 3.63) is 34.2 Å². The number of pyridine rings is 1. The van der Waals surface area contributed by atoms with E-state index in [0.717, 1.165) is 44.1 Å². The Hall–Kier alpha value is -1.09. The number of guanidine groups is 1. The fourth-order valence-corrected chi connectivity index (χ4v) is 5.16. The molecule has 1 saturated heterocycles. The summed E-state index contributed by atoms with van der Waals surface area (Å²) in [5, 5.41) is 7.12. The highest BCUT2D eigenvalue weighted by atomic mass is 127. The van der Waals surface area contributed by atoms with Crippen LogP contribution in [0.3, 0.4) is 0 Å². The van der Waals surface area contributed by atoms with Crippen molar-refractivity contribution in [2.75, 3.05) is 33.2 Å². The number of piperidine rings is 1. The van der Waals surface area contributed by atoms with Crippen LogP contribution in [-0.4, -0.2) is 54.2 Å². The first-order chi connectivity index (χ1) is 14.6. The number of aliphatic imine (C=N–C) groups is 1. The first-order valence-electron chi connectivity index (χ1n) is 12.0. The zero-order chi connectivity index (χ0) is 21.2. The Balaban J connectivity index is 0.00000341. The molecule has 0 atom stereocenters. The summed E-state index contributed by atoms with van der Waals surface area (Å²) in [6.07, 6.45) is 12.8. The van der Waals surface area contributed by atoms with Crippen molar-refractivity contribution >= 4 is 29.9 Å². The monoisotopic (exact) mass is 543 g/mol. The van der Waals surface area contributed by atoms with Gasteiger partial charge in [-0.3, -0.25) is 14.7 Å². The second kappa shape index (κ2) is 13.5. The smallest absolute Gasteiger partial charge is 0.250 e. The minimum absolute atomic E-state index is 0.